The summed E-state index contributed by atoms with van der Waals surface area (Å²) in [6, 6.07) is 2.40. The highest BCUT2D eigenvalue weighted by Gasteiger charge is 2.33. The van der Waals surface area contributed by atoms with Crippen molar-refractivity contribution in [3.05, 3.63) is 57.5 Å². The van der Waals surface area contributed by atoms with Crippen LogP contribution in [0, 0.1) is 0 Å². The number of aliphatic hydroxyl groups excluding tert-OH is 1. The molecule has 1 unspecified atom stereocenters. The Morgan fingerprint density at radius 2 is 2.19 bits per heavy atom. The predicted octanol–water partition coefficient (Wildman–Crippen LogP) is 3.21. The third-order valence-corrected chi connectivity index (χ3v) is 4.53. The maximum atomic E-state index is 12.8. The number of fused-ring (bicyclic) bond motifs is 1. The smallest absolute Gasteiger partial charge is 0.433 e. The quantitative estimate of drug-likeness (QED) is 0.816. The summed E-state index contributed by atoms with van der Waals surface area (Å²) in [7, 11) is 1.64. The number of anilines is 1. The van der Waals surface area contributed by atoms with Crippen LogP contribution in [-0.4, -0.2) is 19.6 Å². The first-order valence-electron chi connectivity index (χ1n) is 7.97. The summed E-state index contributed by atoms with van der Waals surface area (Å²) < 4.78 is 39.9. The zero-order valence-corrected chi connectivity index (χ0v) is 14.1. The lowest BCUT2D eigenvalue weighted by atomic mass is 10.0. The van der Waals surface area contributed by atoms with Gasteiger partial charge < -0.3 is 15.0 Å². The molecule has 0 spiro atoms. The Bertz CT molecular complexity index is 935. The third-order valence-electron chi connectivity index (χ3n) is 4.53. The molecular formula is C17H17F3N4O2. The fourth-order valence-electron chi connectivity index (χ4n) is 3.10. The maximum absolute atomic E-state index is 12.8. The van der Waals surface area contributed by atoms with Gasteiger partial charge in [-0.1, -0.05) is 6.92 Å². The van der Waals surface area contributed by atoms with Crippen LogP contribution in [0.4, 0.5) is 19.1 Å². The highest BCUT2D eigenvalue weighted by Crippen LogP contribution is 2.33. The minimum Gasteiger partial charge on any atom is -0.513 e. The van der Waals surface area contributed by atoms with E-state index in [2.05, 4.69) is 15.3 Å². The van der Waals surface area contributed by atoms with E-state index in [9.17, 15) is 23.1 Å². The van der Waals surface area contributed by atoms with E-state index in [0.717, 1.165) is 36.4 Å². The van der Waals surface area contributed by atoms with Crippen LogP contribution in [0.3, 0.4) is 0 Å². The van der Waals surface area contributed by atoms with E-state index in [0.29, 0.717) is 6.26 Å². The Hall–Kier alpha value is -2.84. The molecule has 2 N–H and O–H groups in total. The molecule has 0 radical (unpaired) electrons. The summed E-state index contributed by atoms with van der Waals surface area (Å²) in [4.78, 5) is 19.7. The number of hydrogen-bond donors (Lipinski definition) is 2. The Morgan fingerprint density at radius 3 is 2.85 bits per heavy atom. The molecule has 1 aliphatic rings. The minimum absolute atomic E-state index is 0.0631. The second-order valence-corrected chi connectivity index (χ2v) is 6.19. The van der Waals surface area contributed by atoms with Crippen molar-refractivity contribution in [3.63, 3.8) is 0 Å². The van der Waals surface area contributed by atoms with Gasteiger partial charge in [0.25, 0.3) is 5.56 Å². The minimum atomic E-state index is -4.62. The van der Waals surface area contributed by atoms with Crippen molar-refractivity contribution >= 4 is 11.6 Å². The maximum Gasteiger partial charge on any atom is 0.433 e. The van der Waals surface area contributed by atoms with E-state index >= 15 is 0 Å². The molecule has 1 aliphatic carbocycles. The molecule has 1 atom stereocenters. The van der Waals surface area contributed by atoms with Crippen molar-refractivity contribution in [2.24, 2.45) is 7.05 Å². The van der Waals surface area contributed by atoms with Crippen molar-refractivity contribution in [2.75, 3.05) is 5.32 Å². The molecule has 0 saturated heterocycles. The first-order chi connectivity index (χ1) is 12.2. The Morgan fingerprint density at radius 1 is 1.46 bits per heavy atom. The van der Waals surface area contributed by atoms with Gasteiger partial charge >= 0.3 is 6.18 Å². The number of halogens is 3. The van der Waals surface area contributed by atoms with E-state index < -0.39 is 11.9 Å². The molecule has 6 nitrogen and oxygen atoms in total. The number of nitrogens with one attached hydrogen (secondary N) is 1. The number of alkyl halides is 3. The van der Waals surface area contributed by atoms with Gasteiger partial charge in [-0.2, -0.15) is 13.2 Å². The summed E-state index contributed by atoms with van der Waals surface area (Å²) in [6.45, 7) is 2.03. The molecule has 9 heteroatoms. The van der Waals surface area contributed by atoms with Gasteiger partial charge in [0.1, 0.15) is 12.0 Å². The van der Waals surface area contributed by atoms with Gasteiger partial charge in [0.15, 0.2) is 0 Å². The van der Waals surface area contributed by atoms with Gasteiger partial charge in [0.05, 0.1) is 11.3 Å². The van der Waals surface area contributed by atoms with Crippen molar-refractivity contribution in [2.45, 2.75) is 31.9 Å². The van der Waals surface area contributed by atoms with Crippen LogP contribution in [0.25, 0.3) is 5.70 Å². The number of aliphatic hydroxyl groups is 1. The molecule has 138 valence electrons. The number of nitrogens with zero attached hydrogens (tertiary/aromatic N) is 3. The molecule has 0 aliphatic heterocycles. The Labute approximate surface area is 147 Å². The average molecular weight is 366 g/mol. The molecule has 2 aromatic heterocycles. The lowest BCUT2D eigenvalue weighted by Crippen LogP contribution is -2.25. The van der Waals surface area contributed by atoms with E-state index in [1.165, 1.54) is 4.57 Å². The van der Waals surface area contributed by atoms with Gasteiger partial charge in [0, 0.05) is 18.9 Å². The molecule has 0 aromatic carbocycles. The molecule has 2 aromatic rings. The normalized spacial score (nSPS) is 17.3. The van der Waals surface area contributed by atoms with Crippen LogP contribution < -0.4 is 10.9 Å². The highest BCUT2D eigenvalue weighted by molar-refractivity contribution is 5.73. The molecule has 3 rings (SSSR count). The van der Waals surface area contributed by atoms with Crippen molar-refractivity contribution < 1.29 is 18.3 Å². The van der Waals surface area contributed by atoms with Crippen LogP contribution in [-0.2, 0) is 19.6 Å². The predicted molar refractivity (Wildman–Crippen MR) is 89.7 cm³/mol. The topological polar surface area (TPSA) is 80.0 Å². The second kappa shape index (κ2) is 6.47. The molecular weight excluding hydrogens is 349 g/mol. The van der Waals surface area contributed by atoms with Gasteiger partial charge in [-0.15, -0.1) is 0 Å². The molecule has 26 heavy (non-hydrogen) atoms. The Balaban J connectivity index is 2.01. The largest absolute Gasteiger partial charge is 0.513 e. The zero-order valence-electron chi connectivity index (χ0n) is 14.1. The van der Waals surface area contributed by atoms with E-state index in [-0.39, 0.29) is 28.7 Å². The zero-order chi connectivity index (χ0) is 19.1. The molecule has 0 bridgehead atoms. The fourth-order valence-corrected chi connectivity index (χ4v) is 3.10. The van der Waals surface area contributed by atoms with Crippen LogP contribution in [0.2, 0.25) is 0 Å². The van der Waals surface area contributed by atoms with Crippen molar-refractivity contribution in [1.82, 2.24) is 14.5 Å². The average Bonchev–Trinajstić information content (AvgIpc) is 2.97. The molecule has 2 heterocycles. The van der Waals surface area contributed by atoms with Crippen LogP contribution in [0.1, 0.15) is 41.8 Å². The SMILES string of the molecule is CC1CCc2c1cc(/C(=C\O)Nc1nccc(C(F)(F)F)n1)c(=O)n2C. The highest BCUT2D eigenvalue weighted by atomic mass is 19.4. The van der Waals surface area contributed by atoms with E-state index in [1.807, 2.05) is 6.92 Å². The third kappa shape index (κ3) is 3.16. The standard InChI is InChI=1S/C17H17F3N4O2/c1-9-3-4-13-10(9)7-11(15(26)24(13)2)12(8-25)22-16-21-6-5-14(23-16)17(18,19)20/h5-9,25H,3-4H2,1-2H3,(H,21,22,23)/b12-8+. The molecule has 0 saturated carbocycles. The van der Waals surface area contributed by atoms with Crippen LogP contribution in [0.5, 0.6) is 0 Å². The molecule has 0 fully saturated rings. The van der Waals surface area contributed by atoms with Crippen LogP contribution >= 0.6 is 0 Å². The first-order valence-corrected chi connectivity index (χ1v) is 7.97. The van der Waals surface area contributed by atoms with E-state index in [1.54, 1.807) is 13.1 Å². The summed E-state index contributed by atoms with van der Waals surface area (Å²) in [5.74, 6) is -0.115. The van der Waals surface area contributed by atoms with Gasteiger partial charge in [0.2, 0.25) is 5.95 Å². The summed E-state index contributed by atoms with van der Waals surface area (Å²) in [6.07, 6.45) is -1.34. The summed E-state index contributed by atoms with van der Waals surface area (Å²) in [5, 5.41) is 12.1. The number of hydrogen-bond acceptors (Lipinski definition) is 5. The van der Waals surface area contributed by atoms with Gasteiger partial charge in [-0.05, 0) is 36.5 Å². The number of pyridine rings is 1. The van der Waals surface area contributed by atoms with Crippen molar-refractivity contribution in [1.29, 1.82) is 0 Å². The van der Waals surface area contributed by atoms with Gasteiger partial charge in [-0.25, -0.2) is 9.97 Å². The second-order valence-electron chi connectivity index (χ2n) is 6.19. The summed E-state index contributed by atoms with van der Waals surface area (Å²) in [5.41, 5.74) is 0.503. The lowest BCUT2D eigenvalue weighted by Gasteiger charge is -2.15. The number of rotatable bonds is 3. The summed E-state index contributed by atoms with van der Waals surface area (Å²) >= 11 is 0. The van der Waals surface area contributed by atoms with Gasteiger partial charge in [-0.3, -0.25) is 4.79 Å². The fraction of sp³-hybridized carbons (Fsp3) is 0.353. The van der Waals surface area contributed by atoms with Crippen molar-refractivity contribution in [3.8, 4) is 0 Å². The number of aromatic nitrogens is 3. The van der Waals surface area contributed by atoms with E-state index in [4.69, 9.17) is 0 Å². The first kappa shape index (κ1) is 18.0. The lowest BCUT2D eigenvalue weighted by molar-refractivity contribution is -0.141. The molecule has 0 amide bonds. The van der Waals surface area contributed by atoms with Crippen LogP contribution in [0.15, 0.2) is 29.4 Å². The monoisotopic (exact) mass is 366 g/mol. The Kier molecular flexibility index (Phi) is 4.47.